The molecule has 8 heteroatoms. The van der Waals surface area contributed by atoms with Crippen LogP contribution in [0.25, 0.3) is 11.2 Å². The first-order valence-electron chi connectivity index (χ1n) is 11.1. The molecule has 2 aromatic heterocycles. The van der Waals surface area contributed by atoms with Crippen LogP contribution in [0.1, 0.15) is 49.7 Å². The molecule has 0 aliphatic rings. The molecule has 0 saturated heterocycles. The van der Waals surface area contributed by atoms with Crippen LogP contribution in [0.2, 0.25) is 0 Å². The highest BCUT2D eigenvalue weighted by Crippen LogP contribution is 2.32. The number of benzene rings is 2. The maximum atomic E-state index is 5.71. The van der Waals surface area contributed by atoms with E-state index in [-0.39, 0.29) is 12.1 Å². The van der Waals surface area contributed by atoms with Crippen molar-refractivity contribution in [1.82, 2.24) is 25.0 Å². The number of hydrogen-bond donors (Lipinski definition) is 1. The van der Waals surface area contributed by atoms with E-state index in [9.17, 15) is 0 Å². The zero-order valence-electron chi connectivity index (χ0n) is 19.6. The van der Waals surface area contributed by atoms with E-state index in [0.717, 1.165) is 16.6 Å². The minimum absolute atomic E-state index is 0.0680. The Labute approximate surface area is 202 Å². The van der Waals surface area contributed by atoms with Gasteiger partial charge in [-0.1, -0.05) is 55.5 Å². The van der Waals surface area contributed by atoms with Crippen molar-refractivity contribution in [2.24, 2.45) is 0 Å². The summed E-state index contributed by atoms with van der Waals surface area (Å²) in [4.78, 5) is 9.32. The largest absolute Gasteiger partial charge is 0.380 e. The van der Waals surface area contributed by atoms with Gasteiger partial charge in [0.2, 0.25) is 0 Å². The second-order valence-electron chi connectivity index (χ2n) is 8.54. The maximum Gasteiger partial charge on any atom is 0.184 e. The molecule has 4 aromatic rings. The summed E-state index contributed by atoms with van der Waals surface area (Å²) in [6.07, 6.45) is 0.669. The van der Waals surface area contributed by atoms with Crippen LogP contribution in [-0.4, -0.2) is 38.2 Å². The van der Waals surface area contributed by atoms with Crippen LogP contribution >= 0.6 is 15.9 Å². The van der Waals surface area contributed by atoms with Crippen LogP contribution in [0, 0.1) is 6.92 Å². The molecule has 7 nitrogen and oxygen atoms in total. The summed E-state index contributed by atoms with van der Waals surface area (Å²) in [6.45, 7) is 8.28. The summed E-state index contributed by atoms with van der Waals surface area (Å²) in [5.41, 5.74) is 4.69. The molecule has 0 saturated carbocycles. The third kappa shape index (κ3) is 5.07. The number of fused-ring (bicyclic) bond motifs is 1. The number of aryl methyl sites for hydroxylation is 1. The molecule has 2 heterocycles. The number of nitrogens with zero attached hydrogens (tertiary/aromatic N) is 5. The Hall–Kier alpha value is -2.84. The molecule has 33 heavy (non-hydrogen) atoms. The average Bonchev–Trinajstić information content (AvgIpc) is 3.22. The lowest BCUT2D eigenvalue weighted by Crippen LogP contribution is -2.27. The third-order valence-corrected chi connectivity index (χ3v) is 6.52. The van der Waals surface area contributed by atoms with E-state index in [4.69, 9.17) is 9.72 Å². The summed E-state index contributed by atoms with van der Waals surface area (Å²) < 4.78 is 8.55. The lowest BCUT2D eigenvalue weighted by molar-refractivity contribution is 0.0670. The Kier molecular flexibility index (Phi) is 7.05. The summed E-state index contributed by atoms with van der Waals surface area (Å²) >= 11 is 3.69. The molecular weight excluding hydrogens is 480 g/mol. The van der Waals surface area contributed by atoms with Crippen molar-refractivity contribution in [3.05, 3.63) is 70.0 Å². The number of halogens is 1. The van der Waals surface area contributed by atoms with Gasteiger partial charge in [-0.3, -0.25) is 0 Å². The lowest BCUT2D eigenvalue weighted by atomic mass is 10.0. The normalized spacial score (nSPS) is 13.4. The molecule has 4 rings (SSSR count). The number of nitrogens with one attached hydrogen (secondary N) is 1. The zero-order valence-corrected chi connectivity index (χ0v) is 21.2. The van der Waals surface area contributed by atoms with Crippen molar-refractivity contribution in [1.29, 1.82) is 0 Å². The summed E-state index contributed by atoms with van der Waals surface area (Å²) in [5.74, 6) is 1.73. The minimum Gasteiger partial charge on any atom is -0.380 e. The van der Waals surface area contributed by atoms with Crippen LogP contribution in [-0.2, 0) is 11.2 Å². The molecule has 0 radical (unpaired) electrons. The lowest BCUT2D eigenvalue weighted by Gasteiger charge is -2.23. The van der Waals surface area contributed by atoms with Crippen LogP contribution in [0.15, 0.2) is 53.0 Å². The number of rotatable bonds is 8. The van der Waals surface area contributed by atoms with Crippen molar-refractivity contribution in [2.75, 3.05) is 12.4 Å². The zero-order chi connectivity index (χ0) is 23.5. The topological polar surface area (TPSA) is 77.8 Å². The smallest absolute Gasteiger partial charge is 0.184 e. The fourth-order valence-corrected chi connectivity index (χ4v) is 4.33. The predicted octanol–water partition coefficient (Wildman–Crippen LogP) is 5.98. The highest BCUT2D eigenvalue weighted by molar-refractivity contribution is 9.10. The van der Waals surface area contributed by atoms with E-state index in [1.54, 1.807) is 7.11 Å². The number of ether oxygens (including phenoxy) is 1. The van der Waals surface area contributed by atoms with Gasteiger partial charge in [0.05, 0.1) is 17.8 Å². The van der Waals surface area contributed by atoms with Gasteiger partial charge >= 0.3 is 0 Å². The number of aromatic nitrogens is 5. The van der Waals surface area contributed by atoms with E-state index in [1.165, 1.54) is 11.1 Å². The van der Waals surface area contributed by atoms with Gasteiger partial charge in [0.1, 0.15) is 5.82 Å². The highest BCUT2D eigenvalue weighted by Gasteiger charge is 2.25. The highest BCUT2D eigenvalue weighted by atomic mass is 79.9. The van der Waals surface area contributed by atoms with Gasteiger partial charge in [0, 0.05) is 11.6 Å². The fraction of sp³-hybridized carbons (Fsp3) is 0.360. The van der Waals surface area contributed by atoms with Crippen LogP contribution in [0.5, 0.6) is 0 Å². The molecule has 0 amide bonds. The van der Waals surface area contributed by atoms with E-state index < -0.39 is 0 Å². The van der Waals surface area contributed by atoms with E-state index >= 15 is 0 Å². The Balaban J connectivity index is 1.74. The van der Waals surface area contributed by atoms with Crippen molar-refractivity contribution in [3.63, 3.8) is 0 Å². The summed E-state index contributed by atoms with van der Waals surface area (Å²) in [6, 6.07) is 16.6. The first-order valence-corrected chi connectivity index (χ1v) is 11.9. The molecule has 0 aliphatic heterocycles. The molecular formula is C25H29BrN6O. The standard InChI is InChI=1S/C25H29BrN6O/c1-15(2)19-11-12-21(20(26)14-19)29-24-23-25(28-17(4)27-24)32(31-30-23)22(16(3)33-5)13-18-9-7-6-8-10-18/h6-12,14-16,22H,13H2,1-5H3,(H,27,28,29)/t16?,22-/m0/s1. The molecule has 0 bridgehead atoms. The summed E-state index contributed by atoms with van der Waals surface area (Å²) in [5, 5.41) is 12.4. The molecule has 172 valence electrons. The average molecular weight is 509 g/mol. The molecule has 0 aliphatic carbocycles. The number of methoxy groups -OCH3 is 1. The first-order chi connectivity index (χ1) is 15.9. The van der Waals surface area contributed by atoms with Crippen LogP contribution in [0.3, 0.4) is 0 Å². The van der Waals surface area contributed by atoms with Crippen molar-refractivity contribution < 1.29 is 4.74 Å². The van der Waals surface area contributed by atoms with Gasteiger partial charge in [0.25, 0.3) is 0 Å². The monoisotopic (exact) mass is 508 g/mol. The Morgan fingerprint density at radius 3 is 2.48 bits per heavy atom. The van der Waals surface area contributed by atoms with Gasteiger partial charge in [0.15, 0.2) is 17.0 Å². The second-order valence-corrected chi connectivity index (χ2v) is 9.40. The minimum atomic E-state index is -0.0838. The Morgan fingerprint density at radius 1 is 1.06 bits per heavy atom. The Bertz CT molecular complexity index is 1240. The SMILES string of the molecule is COC(C)[C@H](Cc1ccccc1)n1nnc2c(Nc3ccc(C(C)C)cc3Br)nc(C)nc21. The molecule has 1 N–H and O–H groups in total. The van der Waals surface area contributed by atoms with Crippen molar-refractivity contribution in [3.8, 4) is 0 Å². The van der Waals surface area contributed by atoms with Gasteiger partial charge in [-0.15, -0.1) is 5.10 Å². The molecule has 0 fully saturated rings. The number of hydrogen-bond acceptors (Lipinski definition) is 6. The van der Waals surface area contributed by atoms with Crippen LogP contribution < -0.4 is 5.32 Å². The number of anilines is 2. The maximum absolute atomic E-state index is 5.71. The van der Waals surface area contributed by atoms with Crippen molar-refractivity contribution in [2.45, 2.75) is 52.2 Å². The second kappa shape index (κ2) is 9.97. The molecule has 2 atom stereocenters. The fourth-order valence-electron chi connectivity index (χ4n) is 3.83. The van der Waals surface area contributed by atoms with E-state index in [1.807, 2.05) is 36.7 Å². The van der Waals surface area contributed by atoms with Crippen molar-refractivity contribution >= 4 is 38.6 Å². The Morgan fingerprint density at radius 2 is 1.82 bits per heavy atom. The first kappa shape index (κ1) is 23.3. The third-order valence-electron chi connectivity index (χ3n) is 5.86. The van der Waals surface area contributed by atoms with Gasteiger partial charge in [-0.05, 0) is 65.4 Å². The molecule has 2 aromatic carbocycles. The van der Waals surface area contributed by atoms with Crippen LogP contribution in [0.4, 0.5) is 11.5 Å². The summed E-state index contributed by atoms with van der Waals surface area (Å²) in [7, 11) is 1.72. The van der Waals surface area contributed by atoms with E-state index in [2.05, 4.69) is 80.7 Å². The molecule has 0 spiro atoms. The van der Waals surface area contributed by atoms with Gasteiger partial charge < -0.3 is 10.1 Å². The van der Waals surface area contributed by atoms with E-state index in [0.29, 0.717) is 28.7 Å². The van der Waals surface area contributed by atoms with Gasteiger partial charge in [-0.25, -0.2) is 14.6 Å². The predicted molar refractivity (Wildman–Crippen MR) is 135 cm³/mol. The molecule has 1 unspecified atom stereocenters. The quantitative estimate of drug-likeness (QED) is 0.315. The van der Waals surface area contributed by atoms with Gasteiger partial charge in [-0.2, -0.15) is 0 Å².